The highest BCUT2D eigenvalue weighted by atomic mass is 16.1. The molecule has 2 aromatic carbocycles. The van der Waals surface area contributed by atoms with Crippen LogP contribution in [0.1, 0.15) is 29.8 Å². The number of carbonyl (C=O) groups is 1. The second-order valence-electron chi connectivity index (χ2n) is 5.60. The average molecular weight is 333 g/mol. The lowest BCUT2D eigenvalue weighted by molar-refractivity contribution is 0.101. The van der Waals surface area contributed by atoms with Gasteiger partial charge in [0.05, 0.1) is 6.20 Å². The monoisotopic (exact) mass is 333 g/mol. The topological polar surface area (TPSA) is 79.8 Å². The minimum Gasteiger partial charge on any atom is -0.339 e. The number of hydrogen-bond acceptors (Lipinski definition) is 6. The Morgan fingerprint density at radius 1 is 0.960 bits per heavy atom. The third kappa shape index (κ3) is 4.38. The maximum absolute atomic E-state index is 11.3. The highest BCUT2D eigenvalue weighted by Crippen LogP contribution is 2.18. The van der Waals surface area contributed by atoms with Crippen LogP contribution in [0.2, 0.25) is 0 Å². The second-order valence-corrected chi connectivity index (χ2v) is 5.60. The van der Waals surface area contributed by atoms with Gasteiger partial charge in [0.25, 0.3) is 0 Å². The smallest absolute Gasteiger partial charge is 0.249 e. The third-order valence-electron chi connectivity index (χ3n) is 3.74. The van der Waals surface area contributed by atoms with Gasteiger partial charge in [-0.15, -0.1) is 5.10 Å². The number of aryl methyl sites for hydroxylation is 1. The van der Waals surface area contributed by atoms with Gasteiger partial charge in [0.15, 0.2) is 11.6 Å². The number of anilines is 4. The minimum atomic E-state index is 0.0322. The molecule has 6 heteroatoms. The molecular formula is C19H19N5O. The van der Waals surface area contributed by atoms with E-state index in [1.165, 1.54) is 12.5 Å². The first-order valence-corrected chi connectivity index (χ1v) is 8.08. The Morgan fingerprint density at radius 3 is 2.24 bits per heavy atom. The van der Waals surface area contributed by atoms with Crippen molar-refractivity contribution >= 4 is 28.9 Å². The van der Waals surface area contributed by atoms with E-state index >= 15 is 0 Å². The molecular weight excluding hydrogens is 314 g/mol. The van der Waals surface area contributed by atoms with E-state index < -0.39 is 0 Å². The van der Waals surface area contributed by atoms with Crippen LogP contribution in [0.15, 0.2) is 54.7 Å². The summed E-state index contributed by atoms with van der Waals surface area (Å²) < 4.78 is 0. The molecule has 0 radical (unpaired) electrons. The predicted molar refractivity (Wildman–Crippen MR) is 98.7 cm³/mol. The summed E-state index contributed by atoms with van der Waals surface area (Å²) in [5.41, 5.74) is 3.67. The zero-order chi connectivity index (χ0) is 17.6. The number of hydrogen-bond donors (Lipinski definition) is 2. The van der Waals surface area contributed by atoms with E-state index in [1.54, 1.807) is 18.3 Å². The van der Waals surface area contributed by atoms with E-state index in [0.29, 0.717) is 17.3 Å². The average Bonchev–Trinajstić information content (AvgIpc) is 2.63. The Hall–Kier alpha value is -3.28. The molecule has 25 heavy (non-hydrogen) atoms. The summed E-state index contributed by atoms with van der Waals surface area (Å²) in [5.74, 6) is 1.01. The van der Waals surface area contributed by atoms with Gasteiger partial charge in [-0.3, -0.25) is 4.79 Å². The van der Waals surface area contributed by atoms with Gasteiger partial charge < -0.3 is 10.6 Å². The van der Waals surface area contributed by atoms with Crippen molar-refractivity contribution in [3.63, 3.8) is 0 Å². The zero-order valence-corrected chi connectivity index (χ0v) is 14.2. The molecule has 0 fully saturated rings. The number of rotatable bonds is 6. The fourth-order valence-electron chi connectivity index (χ4n) is 2.31. The fourth-order valence-corrected chi connectivity index (χ4v) is 2.31. The number of nitrogens with zero attached hydrogens (tertiary/aromatic N) is 3. The van der Waals surface area contributed by atoms with Crippen molar-refractivity contribution in [1.29, 1.82) is 0 Å². The molecule has 0 bridgehead atoms. The Labute approximate surface area is 146 Å². The standard InChI is InChI=1S/C19H19N5O/c1-3-14-4-8-16(9-5-14)21-18-12-20-24-19(23-18)22-17-10-6-15(7-11-17)13(2)25/h4-12H,3H2,1-2H3,(H2,21,22,23,24). The van der Waals surface area contributed by atoms with E-state index in [4.69, 9.17) is 0 Å². The highest BCUT2D eigenvalue weighted by molar-refractivity contribution is 5.94. The summed E-state index contributed by atoms with van der Waals surface area (Å²) in [5, 5.41) is 14.2. The molecule has 0 aliphatic rings. The van der Waals surface area contributed by atoms with Crippen molar-refractivity contribution in [1.82, 2.24) is 15.2 Å². The summed E-state index contributed by atoms with van der Waals surface area (Å²) in [6.45, 7) is 3.66. The van der Waals surface area contributed by atoms with E-state index in [1.807, 2.05) is 24.3 Å². The number of nitrogens with one attached hydrogen (secondary N) is 2. The van der Waals surface area contributed by atoms with Crippen molar-refractivity contribution in [2.75, 3.05) is 10.6 Å². The van der Waals surface area contributed by atoms with Gasteiger partial charge >= 0.3 is 0 Å². The first kappa shape index (κ1) is 16.6. The van der Waals surface area contributed by atoms with E-state index in [-0.39, 0.29) is 5.78 Å². The first-order chi connectivity index (χ1) is 12.1. The lowest BCUT2D eigenvalue weighted by Crippen LogP contribution is -2.02. The van der Waals surface area contributed by atoms with Crippen LogP contribution in [-0.4, -0.2) is 21.0 Å². The maximum atomic E-state index is 11.3. The highest BCUT2D eigenvalue weighted by Gasteiger charge is 2.04. The number of carbonyl (C=O) groups excluding carboxylic acids is 1. The summed E-state index contributed by atoms with van der Waals surface area (Å²) in [6.07, 6.45) is 2.57. The summed E-state index contributed by atoms with van der Waals surface area (Å²) in [7, 11) is 0. The molecule has 3 aromatic rings. The van der Waals surface area contributed by atoms with E-state index in [0.717, 1.165) is 17.8 Å². The molecule has 6 nitrogen and oxygen atoms in total. The molecule has 2 N–H and O–H groups in total. The van der Waals surface area contributed by atoms with Crippen molar-refractivity contribution in [2.24, 2.45) is 0 Å². The molecule has 0 aliphatic carbocycles. The Kier molecular flexibility index (Phi) is 4.99. The SMILES string of the molecule is CCc1ccc(Nc2cnnc(Nc3ccc(C(C)=O)cc3)n2)cc1. The minimum absolute atomic E-state index is 0.0322. The predicted octanol–water partition coefficient (Wildman–Crippen LogP) is 4.12. The quantitative estimate of drug-likeness (QED) is 0.660. The Balaban J connectivity index is 1.71. The van der Waals surface area contributed by atoms with Gasteiger partial charge in [-0.25, -0.2) is 0 Å². The van der Waals surface area contributed by atoms with Crippen LogP contribution in [0.4, 0.5) is 23.1 Å². The fraction of sp³-hybridized carbons (Fsp3) is 0.158. The molecule has 0 saturated carbocycles. The van der Waals surface area contributed by atoms with Gasteiger partial charge in [-0.2, -0.15) is 10.1 Å². The van der Waals surface area contributed by atoms with Crippen LogP contribution >= 0.6 is 0 Å². The van der Waals surface area contributed by atoms with Crippen molar-refractivity contribution in [3.8, 4) is 0 Å². The molecule has 126 valence electrons. The van der Waals surface area contributed by atoms with Crippen LogP contribution in [0.25, 0.3) is 0 Å². The normalized spacial score (nSPS) is 10.3. The van der Waals surface area contributed by atoms with Gasteiger partial charge in [-0.1, -0.05) is 19.1 Å². The molecule has 0 unspecified atom stereocenters. The Bertz CT molecular complexity index is 860. The number of benzene rings is 2. The molecule has 0 spiro atoms. The van der Waals surface area contributed by atoms with Crippen LogP contribution in [-0.2, 0) is 6.42 Å². The van der Waals surface area contributed by atoms with Gasteiger partial charge in [-0.05, 0) is 55.3 Å². The zero-order valence-electron chi connectivity index (χ0n) is 14.2. The maximum Gasteiger partial charge on any atom is 0.249 e. The molecule has 1 aromatic heterocycles. The second kappa shape index (κ2) is 7.53. The van der Waals surface area contributed by atoms with Crippen LogP contribution < -0.4 is 10.6 Å². The van der Waals surface area contributed by atoms with Crippen molar-refractivity contribution in [3.05, 3.63) is 65.9 Å². The third-order valence-corrected chi connectivity index (χ3v) is 3.74. The van der Waals surface area contributed by atoms with Gasteiger partial charge in [0, 0.05) is 16.9 Å². The summed E-state index contributed by atoms with van der Waals surface area (Å²) in [6, 6.07) is 15.3. The number of Topliss-reactive ketones (excluding diaryl/α,β-unsaturated/α-hetero) is 1. The number of ketones is 1. The number of aromatic nitrogens is 3. The van der Waals surface area contributed by atoms with Gasteiger partial charge in [0.2, 0.25) is 5.95 Å². The van der Waals surface area contributed by atoms with E-state index in [9.17, 15) is 4.79 Å². The molecule has 0 saturated heterocycles. The lowest BCUT2D eigenvalue weighted by Gasteiger charge is -2.08. The van der Waals surface area contributed by atoms with Crippen LogP contribution in [0.5, 0.6) is 0 Å². The largest absolute Gasteiger partial charge is 0.339 e. The van der Waals surface area contributed by atoms with Crippen LogP contribution in [0.3, 0.4) is 0 Å². The molecule has 0 aliphatic heterocycles. The summed E-state index contributed by atoms with van der Waals surface area (Å²) >= 11 is 0. The van der Waals surface area contributed by atoms with Gasteiger partial charge in [0.1, 0.15) is 0 Å². The Morgan fingerprint density at radius 2 is 1.60 bits per heavy atom. The van der Waals surface area contributed by atoms with Crippen LogP contribution in [0, 0.1) is 0 Å². The lowest BCUT2D eigenvalue weighted by atomic mass is 10.1. The molecule has 0 atom stereocenters. The molecule has 3 rings (SSSR count). The molecule has 1 heterocycles. The van der Waals surface area contributed by atoms with Crippen molar-refractivity contribution in [2.45, 2.75) is 20.3 Å². The van der Waals surface area contributed by atoms with E-state index in [2.05, 4.69) is 44.9 Å². The first-order valence-electron chi connectivity index (χ1n) is 8.08. The summed E-state index contributed by atoms with van der Waals surface area (Å²) in [4.78, 5) is 15.7. The van der Waals surface area contributed by atoms with Crippen molar-refractivity contribution < 1.29 is 4.79 Å². The molecule has 0 amide bonds.